The molecule has 0 saturated carbocycles. The van der Waals surface area contributed by atoms with Crippen molar-refractivity contribution >= 4 is 45.5 Å². The van der Waals surface area contributed by atoms with Crippen LogP contribution in [0.1, 0.15) is 16.1 Å². The van der Waals surface area contributed by atoms with Gasteiger partial charge in [-0.2, -0.15) is 0 Å². The number of ether oxygens (including phenoxy) is 2. The molecule has 130 valence electrons. The smallest absolute Gasteiger partial charge is 0.337 e. The summed E-state index contributed by atoms with van der Waals surface area (Å²) in [5.74, 6) is -1.18. The molecule has 0 saturated heterocycles. The standard InChI is InChI=1S/C17H14BrNO6/c1-23-17(22)11-2-4-12(5-3-11)19-15(20)10-24-16(21)9-7-13-6-8-14(18)25-13/h2-9H,10H2,1H3,(H,19,20). The first kappa shape index (κ1) is 18.5. The number of amides is 1. The zero-order valence-electron chi connectivity index (χ0n) is 13.2. The fraction of sp³-hybridized carbons (Fsp3) is 0.118. The van der Waals surface area contributed by atoms with Crippen LogP contribution in [-0.4, -0.2) is 31.6 Å². The average molecular weight is 408 g/mol. The number of anilines is 1. The molecule has 0 fully saturated rings. The van der Waals surface area contributed by atoms with Crippen molar-refractivity contribution in [2.75, 3.05) is 19.0 Å². The summed E-state index contributed by atoms with van der Waals surface area (Å²) in [5, 5.41) is 2.54. The molecule has 0 aliphatic carbocycles. The Hall–Kier alpha value is -2.87. The fourth-order valence-electron chi connectivity index (χ4n) is 1.76. The molecule has 1 heterocycles. The monoisotopic (exact) mass is 407 g/mol. The van der Waals surface area contributed by atoms with Gasteiger partial charge in [0.25, 0.3) is 5.91 Å². The summed E-state index contributed by atoms with van der Waals surface area (Å²) in [7, 11) is 1.28. The van der Waals surface area contributed by atoms with Crippen LogP contribution >= 0.6 is 15.9 Å². The van der Waals surface area contributed by atoms with E-state index in [-0.39, 0.29) is 0 Å². The minimum absolute atomic E-state index is 0.363. The van der Waals surface area contributed by atoms with Crippen molar-refractivity contribution in [2.24, 2.45) is 0 Å². The van der Waals surface area contributed by atoms with E-state index in [2.05, 4.69) is 26.0 Å². The number of nitrogens with one attached hydrogen (secondary N) is 1. The van der Waals surface area contributed by atoms with Crippen molar-refractivity contribution in [3.63, 3.8) is 0 Å². The molecule has 1 amide bonds. The average Bonchev–Trinajstić information content (AvgIpc) is 3.03. The molecule has 7 nitrogen and oxygen atoms in total. The van der Waals surface area contributed by atoms with Gasteiger partial charge in [0.2, 0.25) is 0 Å². The van der Waals surface area contributed by atoms with Crippen LogP contribution in [0.4, 0.5) is 5.69 Å². The topological polar surface area (TPSA) is 94.8 Å². The highest BCUT2D eigenvalue weighted by atomic mass is 79.9. The van der Waals surface area contributed by atoms with E-state index < -0.39 is 24.5 Å². The maximum atomic E-state index is 11.7. The van der Waals surface area contributed by atoms with Crippen molar-refractivity contribution in [1.82, 2.24) is 0 Å². The second-order valence-electron chi connectivity index (χ2n) is 4.70. The molecule has 1 N–H and O–H groups in total. The third-order valence-electron chi connectivity index (χ3n) is 2.91. The number of hydrogen-bond donors (Lipinski definition) is 1. The quantitative estimate of drug-likeness (QED) is 0.583. The van der Waals surface area contributed by atoms with Crippen LogP contribution in [0.15, 0.2) is 51.6 Å². The van der Waals surface area contributed by atoms with E-state index in [1.54, 1.807) is 24.3 Å². The Bertz CT molecular complexity index is 794. The van der Waals surface area contributed by atoms with Crippen LogP contribution in [-0.2, 0) is 19.1 Å². The fourth-order valence-corrected chi connectivity index (χ4v) is 2.08. The molecule has 0 aliphatic heterocycles. The van der Waals surface area contributed by atoms with Crippen molar-refractivity contribution in [1.29, 1.82) is 0 Å². The number of benzene rings is 1. The molecule has 0 radical (unpaired) electrons. The second kappa shape index (κ2) is 8.84. The normalized spacial score (nSPS) is 10.5. The molecule has 0 spiro atoms. The van der Waals surface area contributed by atoms with Crippen LogP contribution in [0, 0.1) is 0 Å². The van der Waals surface area contributed by atoms with Gasteiger partial charge in [-0.25, -0.2) is 9.59 Å². The summed E-state index contributed by atoms with van der Waals surface area (Å²) in [6, 6.07) is 9.46. The number of carbonyl (C=O) groups is 3. The number of halogens is 1. The lowest BCUT2D eigenvalue weighted by molar-refractivity contribution is -0.142. The predicted octanol–water partition coefficient (Wildman–Crippen LogP) is 3.02. The van der Waals surface area contributed by atoms with E-state index >= 15 is 0 Å². The van der Waals surface area contributed by atoms with E-state index in [0.717, 1.165) is 6.08 Å². The van der Waals surface area contributed by atoms with E-state index in [4.69, 9.17) is 9.15 Å². The highest BCUT2D eigenvalue weighted by molar-refractivity contribution is 9.10. The zero-order valence-corrected chi connectivity index (χ0v) is 14.7. The van der Waals surface area contributed by atoms with Crippen LogP contribution in [0.2, 0.25) is 0 Å². The highest BCUT2D eigenvalue weighted by Gasteiger charge is 2.08. The summed E-state index contributed by atoms with van der Waals surface area (Å²) < 4.78 is 15.1. The molecule has 0 bridgehead atoms. The van der Waals surface area contributed by atoms with Gasteiger partial charge in [0, 0.05) is 11.8 Å². The van der Waals surface area contributed by atoms with Gasteiger partial charge < -0.3 is 19.2 Å². The van der Waals surface area contributed by atoms with Crippen LogP contribution in [0.3, 0.4) is 0 Å². The summed E-state index contributed by atoms with van der Waals surface area (Å²) in [5.41, 5.74) is 0.825. The first-order valence-corrected chi connectivity index (χ1v) is 7.85. The van der Waals surface area contributed by atoms with Gasteiger partial charge in [-0.15, -0.1) is 0 Å². The lowest BCUT2D eigenvalue weighted by Gasteiger charge is -2.06. The molecule has 0 atom stereocenters. The Morgan fingerprint density at radius 1 is 1.16 bits per heavy atom. The minimum atomic E-state index is -0.677. The number of rotatable bonds is 6. The van der Waals surface area contributed by atoms with Gasteiger partial charge >= 0.3 is 11.9 Å². The van der Waals surface area contributed by atoms with Gasteiger partial charge in [-0.05, 0) is 58.4 Å². The Labute approximate surface area is 151 Å². The maximum absolute atomic E-state index is 11.7. The Morgan fingerprint density at radius 2 is 1.88 bits per heavy atom. The van der Waals surface area contributed by atoms with Gasteiger partial charge in [-0.1, -0.05) is 0 Å². The molecule has 0 aliphatic rings. The molecule has 1 aromatic heterocycles. The summed E-state index contributed by atoms with van der Waals surface area (Å²) in [4.78, 5) is 34.6. The molecular formula is C17H14BrNO6. The Morgan fingerprint density at radius 3 is 2.48 bits per heavy atom. The van der Waals surface area contributed by atoms with E-state index in [0.29, 0.717) is 21.7 Å². The minimum Gasteiger partial charge on any atom is -0.465 e. The number of esters is 2. The molecule has 8 heteroatoms. The van der Waals surface area contributed by atoms with E-state index in [1.807, 2.05) is 0 Å². The van der Waals surface area contributed by atoms with E-state index in [9.17, 15) is 14.4 Å². The summed E-state index contributed by atoms with van der Waals surface area (Å²) in [6.07, 6.45) is 2.58. The molecule has 2 aromatic rings. The highest BCUT2D eigenvalue weighted by Crippen LogP contribution is 2.15. The largest absolute Gasteiger partial charge is 0.465 e. The molecule has 2 rings (SSSR count). The molecule has 25 heavy (non-hydrogen) atoms. The number of methoxy groups -OCH3 is 1. The van der Waals surface area contributed by atoms with Crippen molar-refractivity contribution < 1.29 is 28.3 Å². The third-order valence-corrected chi connectivity index (χ3v) is 3.34. The van der Waals surface area contributed by atoms with Gasteiger partial charge in [0.1, 0.15) is 5.76 Å². The van der Waals surface area contributed by atoms with Crippen molar-refractivity contribution in [2.45, 2.75) is 0 Å². The summed E-state index contributed by atoms with van der Waals surface area (Å²) >= 11 is 3.14. The zero-order chi connectivity index (χ0) is 18.2. The van der Waals surface area contributed by atoms with Gasteiger partial charge in [0.15, 0.2) is 11.3 Å². The SMILES string of the molecule is COC(=O)c1ccc(NC(=O)COC(=O)C=Cc2ccc(Br)o2)cc1. The predicted molar refractivity (Wildman–Crippen MR) is 92.8 cm³/mol. The maximum Gasteiger partial charge on any atom is 0.337 e. The van der Waals surface area contributed by atoms with Gasteiger partial charge in [0.05, 0.1) is 12.7 Å². The second-order valence-corrected chi connectivity index (χ2v) is 5.48. The first-order chi connectivity index (χ1) is 12.0. The molecule has 1 aromatic carbocycles. The van der Waals surface area contributed by atoms with E-state index in [1.165, 1.54) is 25.3 Å². The lowest BCUT2D eigenvalue weighted by atomic mass is 10.2. The molecular weight excluding hydrogens is 394 g/mol. The number of carbonyl (C=O) groups excluding carboxylic acids is 3. The number of furan rings is 1. The summed E-state index contributed by atoms with van der Waals surface area (Å²) in [6.45, 7) is -0.441. The Kier molecular flexibility index (Phi) is 6.53. The third kappa shape index (κ3) is 5.92. The van der Waals surface area contributed by atoms with Crippen LogP contribution in [0.25, 0.3) is 6.08 Å². The van der Waals surface area contributed by atoms with Crippen LogP contribution in [0.5, 0.6) is 0 Å². The van der Waals surface area contributed by atoms with Crippen molar-refractivity contribution in [3.8, 4) is 0 Å². The lowest BCUT2D eigenvalue weighted by Crippen LogP contribution is -2.20. The molecule has 0 unspecified atom stereocenters. The van der Waals surface area contributed by atoms with Gasteiger partial charge in [-0.3, -0.25) is 4.79 Å². The number of hydrogen-bond acceptors (Lipinski definition) is 6. The Balaban J connectivity index is 1.79. The first-order valence-electron chi connectivity index (χ1n) is 7.06. The van der Waals surface area contributed by atoms with Crippen molar-refractivity contribution in [3.05, 3.63) is 58.5 Å². The van der Waals surface area contributed by atoms with Crippen LogP contribution < -0.4 is 5.32 Å².